The van der Waals surface area contributed by atoms with E-state index in [9.17, 15) is 4.57 Å². The summed E-state index contributed by atoms with van der Waals surface area (Å²) in [5.74, 6) is 0.0945. The Balaban J connectivity index is 4.38. The number of hydrogen-bond acceptors (Lipinski definition) is 3. The number of hydrogen-bond donors (Lipinski definition) is 0. The van der Waals surface area contributed by atoms with Crippen molar-refractivity contribution in [3.8, 4) is 0 Å². The molecule has 0 saturated heterocycles. The lowest BCUT2D eigenvalue weighted by atomic mass is 10.7. The maximum atomic E-state index is 11.7. The summed E-state index contributed by atoms with van der Waals surface area (Å²) in [6.45, 7) is 7.68. The van der Waals surface area contributed by atoms with Crippen LogP contribution in [-0.2, 0) is 13.6 Å². The lowest BCUT2D eigenvalue weighted by molar-refractivity contribution is 0.226. The zero-order chi connectivity index (χ0) is 9.61. The average Bonchev–Trinajstić information content (AvgIpc) is 2.04. The molecule has 0 aliphatic rings. The topological polar surface area (TPSA) is 35.5 Å². The van der Waals surface area contributed by atoms with Crippen molar-refractivity contribution in [2.24, 2.45) is 0 Å². The maximum Gasteiger partial charge on any atom is 0.357 e. The Morgan fingerprint density at radius 1 is 1.42 bits per heavy atom. The molecule has 0 fully saturated rings. The molecule has 0 spiro atoms. The first kappa shape index (κ1) is 12.2. The lowest BCUT2D eigenvalue weighted by Crippen LogP contribution is -1.98. The van der Waals surface area contributed by atoms with Gasteiger partial charge in [0.1, 0.15) is 0 Å². The minimum absolute atomic E-state index is 0.0945. The molecule has 5 heteroatoms. The molecule has 0 unspecified atom stereocenters. The van der Waals surface area contributed by atoms with Crippen LogP contribution in [0.1, 0.15) is 13.8 Å². The third-order valence-electron chi connectivity index (χ3n) is 1.14. The van der Waals surface area contributed by atoms with Crippen molar-refractivity contribution in [3.05, 3.63) is 11.9 Å². The predicted molar refractivity (Wildman–Crippen MR) is 50.7 cm³/mol. The van der Waals surface area contributed by atoms with Crippen molar-refractivity contribution in [3.63, 3.8) is 0 Å². The second-order valence-corrected chi connectivity index (χ2v) is 4.44. The van der Waals surface area contributed by atoms with Gasteiger partial charge in [-0.05, 0) is 13.8 Å². The van der Waals surface area contributed by atoms with Gasteiger partial charge in [-0.1, -0.05) is 6.58 Å². The van der Waals surface area contributed by atoms with Gasteiger partial charge in [-0.2, -0.15) is 0 Å². The zero-order valence-corrected chi connectivity index (χ0v) is 9.03. The minimum atomic E-state index is -3.14. The molecule has 0 atom stereocenters. The van der Waals surface area contributed by atoms with Crippen molar-refractivity contribution in [2.75, 3.05) is 19.1 Å². The molecule has 0 aromatic heterocycles. The summed E-state index contributed by atoms with van der Waals surface area (Å²) in [5, 5.41) is 0.313. The van der Waals surface area contributed by atoms with E-state index in [2.05, 4.69) is 6.58 Å². The average molecular weight is 213 g/mol. The van der Waals surface area contributed by atoms with Crippen molar-refractivity contribution < 1.29 is 13.6 Å². The molecule has 72 valence electrons. The molecule has 0 aliphatic heterocycles. The summed E-state index contributed by atoms with van der Waals surface area (Å²) in [6.07, 6.45) is 0. The van der Waals surface area contributed by atoms with Gasteiger partial charge in [0.15, 0.2) is 0 Å². The van der Waals surface area contributed by atoms with E-state index < -0.39 is 7.60 Å². The fourth-order valence-corrected chi connectivity index (χ4v) is 2.34. The largest absolute Gasteiger partial charge is 0.357 e. The van der Waals surface area contributed by atoms with Gasteiger partial charge in [0.25, 0.3) is 0 Å². The Hall–Kier alpha value is 0.180. The van der Waals surface area contributed by atoms with Crippen LogP contribution in [-0.4, -0.2) is 19.1 Å². The van der Waals surface area contributed by atoms with Crippen molar-refractivity contribution in [2.45, 2.75) is 13.8 Å². The molecule has 0 saturated carbocycles. The van der Waals surface area contributed by atoms with E-state index in [0.29, 0.717) is 18.5 Å². The highest BCUT2D eigenvalue weighted by Gasteiger charge is 2.26. The number of alkyl halides is 1. The van der Waals surface area contributed by atoms with Crippen LogP contribution in [0.3, 0.4) is 0 Å². The quantitative estimate of drug-likeness (QED) is 0.502. The minimum Gasteiger partial charge on any atom is -0.306 e. The molecule has 0 bridgehead atoms. The summed E-state index contributed by atoms with van der Waals surface area (Å²) in [7, 11) is -3.14. The summed E-state index contributed by atoms with van der Waals surface area (Å²) in [4.78, 5) is 0. The molecule has 0 aromatic rings. The zero-order valence-electron chi connectivity index (χ0n) is 7.38. The summed E-state index contributed by atoms with van der Waals surface area (Å²) in [5.41, 5.74) is 0. The van der Waals surface area contributed by atoms with Crippen LogP contribution in [0, 0.1) is 0 Å². The number of allylic oxidation sites excluding steroid dienone is 1. The van der Waals surface area contributed by atoms with Crippen molar-refractivity contribution >= 4 is 19.2 Å². The van der Waals surface area contributed by atoms with E-state index in [1.807, 2.05) is 0 Å². The smallest absolute Gasteiger partial charge is 0.306 e. The maximum absolute atomic E-state index is 11.7. The predicted octanol–water partition coefficient (Wildman–Crippen LogP) is 3.01. The molecule has 0 rings (SSSR count). The van der Waals surface area contributed by atoms with E-state index in [1.165, 1.54) is 0 Å². The number of halogens is 1. The van der Waals surface area contributed by atoms with E-state index in [4.69, 9.17) is 20.6 Å². The fraction of sp³-hybridized carbons (Fsp3) is 0.714. The van der Waals surface area contributed by atoms with Crippen LogP contribution in [0.15, 0.2) is 11.9 Å². The third-order valence-corrected chi connectivity index (χ3v) is 3.78. The van der Waals surface area contributed by atoms with Crippen LogP contribution in [0.5, 0.6) is 0 Å². The van der Waals surface area contributed by atoms with Crippen LogP contribution < -0.4 is 0 Å². The van der Waals surface area contributed by atoms with E-state index >= 15 is 0 Å². The van der Waals surface area contributed by atoms with Crippen LogP contribution in [0.25, 0.3) is 0 Å². The normalized spacial score (nSPS) is 11.6. The molecule has 0 amide bonds. The van der Waals surface area contributed by atoms with Crippen molar-refractivity contribution in [1.82, 2.24) is 0 Å². The number of rotatable bonds is 6. The first-order valence-electron chi connectivity index (χ1n) is 3.74. The standard InChI is InChI=1S/C7H14ClO3P/c1-4-10-12(9,11-5-2)7(3)6-8/h3-6H2,1-2H3. The van der Waals surface area contributed by atoms with E-state index in [-0.39, 0.29) is 5.88 Å². The SMILES string of the molecule is C=C(CCl)P(=O)(OCC)OCC. The Labute approximate surface area is 78.2 Å². The Morgan fingerprint density at radius 3 is 2.08 bits per heavy atom. The summed E-state index contributed by atoms with van der Waals surface area (Å²) >= 11 is 5.48. The van der Waals surface area contributed by atoms with Crippen LogP contribution in [0.2, 0.25) is 0 Å². The highest BCUT2D eigenvalue weighted by atomic mass is 35.5. The molecule has 3 nitrogen and oxygen atoms in total. The van der Waals surface area contributed by atoms with E-state index in [1.54, 1.807) is 13.8 Å². The second-order valence-electron chi connectivity index (χ2n) is 2.03. The highest BCUT2D eigenvalue weighted by Crippen LogP contribution is 2.55. The Kier molecular flexibility index (Phi) is 5.85. The van der Waals surface area contributed by atoms with Gasteiger partial charge < -0.3 is 9.05 Å². The third kappa shape index (κ3) is 3.28. The fourth-order valence-electron chi connectivity index (χ4n) is 0.633. The van der Waals surface area contributed by atoms with Gasteiger partial charge in [-0.25, -0.2) is 0 Å². The lowest BCUT2D eigenvalue weighted by Gasteiger charge is -2.17. The van der Waals surface area contributed by atoms with Crippen LogP contribution in [0.4, 0.5) is 0 Å². The monoisotopic (exact) mass is 212 g/mol. The van der Waals surface area contributed by atoms with Gasteiger partial charge in [-0.3, -0.25) is 4.57 Å². The summed E-state index contributed by atoms with van der Waals surface area (Å²) in [6, 6.07) is 0. The Morgan fingerprint density at radius 2 is 1.83 bits per heavy atom. The molecule has 12 heavy (non-hydrogen) atoms. The molecule has 0 heterocycles. The van der Waals surface area contributed by atoms with Gasteiger partial charge in [0.2, 0.25) is 0 Å². The molecule has 0 N–H and O–H groups in total. The van der Waals surface area contributed by atoms with E-state index in [0.717, 1.165) is 0 Å². The van der Waals surface area contributed by atoms with Crippen LogP contribution >= 0.6 is 19.2 Å². The molecule has 0 radical (unpaired) electrons. The van der Waals surface area contributed by atoms with Gasteiger partial charge in [0, 0.05) is 5.31 Å². The molecule has 0 aliphatic carbocycles. The van der Waals surface area contributed by atoms with Gasteiger partial charge in [0.05, 0.1) is 19.1 Å². The Bertz CT molecular complexity index is 183. The van der Waals surface area contributed by atoms with Gasteiger partial charge in [-0.15, -0.1) is 11.6 Å². The first-order valence-corrected chi connectivity index (χ1v) is 5.81. The van der Waals surface area contributed by atoms with Crippen molar-refractivity contribution in [1.29, 1.82) is 0 Å². The second kappa shape index (κ2) is 5.76. The first-order chi connectivity index (χ1) is 5.60. The highest BCUT2D eigenvalue weighted by molar-refractivity contribution is 7.58. The van der Waals surface area contributed by atoms with Gasteiger partial charge >= 0.3 is 7.60 Å². The molecular formula is C7H14ClO3P. The summed E-state index contributed by atoms with van der Waals surface area (Å²) < 4.78 is 21.7. The molecule has 0 aromatic carbocycles. The molecular weight excluding hydrogens is 199 g/mol.